The van der Waals surface area contributed by atoms with Crippen molar-refractivity contribution >= 4 is 39.3 Å². The molecule has 2 fully saturated rings. The van der Waals surface area contributed by atoms with Gasteiger partial charge in [0.05, 0.1) is 42.0 Å². The second-order valence-electron chi connectivity index (χ2n) is 17.4. The summed E-state index contributed by atoms with van der Waals surface area (Å²) in [6.45, 7) is 14.1. The zero-order valence-corrected chi connectivity index (χ0v) is 37.7. The topological polar surface area (TPSA) is 168 Å². The number of ether oxygens (including phenoxy) is 2. The molecule has 1 aromatic carbocycles. The molecule has 1 saturated carbocycles. The maximum atomic E-state index is 14.3. The molecule has 3 rings (SSSR count). The summed E-state index contributed by atoms with van der Waals surface area (Å²) in [5.41, 5.74) is 0.806. The minimum Gasteiger partial charge on any atom is -0.379 e. The first-order chi connectivity index (χ1) is 27.3. The van der Waals surface area contributed by atoms with E-state index in [0.29, 0.717) is 32.2 Å². The average molecular weight is 833 g/mol. The van der Waals surface area contributed by atoms with E-state index in [9.17, 15) is 32.4 Å². The zero-order valence-electron chi connectivity index (χ0n) is 36.9. The lowest BCUT2D eigenvalue weighted by molar-refractivity contribution is -0.149. The molecule has 0 aromatic heterocycles. The highest BCUT2D eigenvalue weighted by Crippen LogP contribution is 2.32. The van der Waals surface area contributed by atoms with Crippen molar-refractivity contribution in [3.8, 4) is 0 Å². The molecule has 0 radical (unpaired) electrons. The van der Waals surface area contributed by atoms with E-state index in [-0.39, 0.29) is 72.9 Å². The number of ketones is 2. The predicted molar refractivity (Wildman–Crippen MR) is 225 cm³/mol. The molecule has 1 heterocycles. The first-order valence-electron chi connectivity index (χ1n) is 21.3. The van der Waals surface area contributed by atoms with Crippen LogP contribution in [-0.4, -0.2) is 118 Å². The number of hydrogen-bond donors (Lipinski definition) is 2. The molecule has 1 aliphatic heterocycles. The minimum atomic E-state index is -3.81. The largest absolute Gasteiger partial charge is 0.379 e. The van der Waals surface area contributed by atoms with Crippen LogP contribution in [-0.2, 0) is 49.9 Å². The number of nitrogens with one attached hydrogen (secondary N) is 2. The van der Waals surface area contributed by atoms with Crippen LogP contribution in [0.1, 0.15) is 105 Å². The molecule has 1 aliphatic carbocycles. The summed E-state index contributed by atoms with van der Waals surface area (Å²) >= 11 is 0. The van der Waals surface area contributed by atoms with Gasteiger partial charge in [-0.05, 0) is 62.5 Å². The van der Waals surface area contributed by atoms with Gasteiger partial charge in [-0.1, -0.05) is 85.2 Å². The lowest BCUT2D eigenvalue weighted by Crippen LogP contribution is -2.54. The number of Topliss-reactive ketones (excluding diaryl/α,β-unsaturated/α-hetero) is 2. The van der Waals surface area contributed by atoms with Crippen LogP contribution < -0.4 is 10.0 Å². The molecule has 13 nitrogen and oxygen atoms in total. The van der Waals surface area contributed by atoms with Crippen LogP contribution in [0, 0.1) is 35.5 Å². The van der Waals surface area contributed by atoms with E-state index < -0.39 is 63.2 Å². The predicted octanol–water partition coefficient (Wildman–Crippen LogP) is 4.81. The van der Waals surface area contributed by atoms with Crippen LogP contribution in [0.5, 0.6) is 0 Å². The van der Waals surface area contributed by atoms with Gasteiger partial charge in [-0.2, -0.15) is 0 Å². The first kappa shape index (κ1) is 49.2. The molecule has 1 aromatic rings. The number of methoxy groups -OCH3 is 2. The van der Waals surface area contributed by atoms with E-state index in [4.69, 9.17) is 9.47 Å². The minimum absolute atomic E-state index is 0.00602. The Morgan fingerprint density at radius 3 is 2.03 bits per heavy atom. The van der Waals surface area contributed by atoms with Crippen LogP contribution >= 0.6 is 0 Å². The quantitative estimate of drug-likeness (QED) is 0.140. The molecule has 9 atom stereocenters. The van der Waals surface area contributed by atoms with Gasteiger partial charge in [-0.3, -0.25) is 28.7 Å². The van der Waals surface area contributed by atoms with E-state index in [1.165, 1.54) is 7.11 Å². The number of sulfonamides is 1. The Bertz CT molecular complexity index is 1630. The highest BCUT2D eigenvalue weighted by atomic mass is 32.2. The second kappa shape index (κ2) is 22.4. The Balaban J connectivity index is 1.80. The SMILES string of the molecule is CC[C@H](C)[C@@H]([C@@H](CC(=O)N1CCC[C@H]1[C@H](OC)[C@@H](C)C(=O)C[C@@H](Cc1ccccc1)C(=O)NS(=O)(=O)C1CC1)OC)N(C)C(=O)[C@@H](CC(=O)[C@@H](NC)C(C)C)C(C)C. The number of rotatable bonds is 25. The Labute approximate surface area is 348 Å². The van der Waals surface area contributed by atoms with Gasteiger partial charge < -0.3 is 24.6 Å². The smallest absolute Gasteiger partial charge is 0.237 e. The van der Waals surface area contributed by atoms with Crippen molar-refractivity contribution in [2.24, 2.45) is 35.5 Å². The number of amides is 3. The van der Waals surface area contributed by atoms with E-state index in [2.05, 4.69) is 10.0 Å². The molecule has 3 amide bonds. The van der Waals surface area contributed by atoms with Gasteiger partial charge in [0.25, 0.3) is 0 Å². The van der Waals surface area contributed by atoms with Crippen LogP contribution in [0.4, 0.5) is 0 Å². The molecule has 2 N–H and O–H groups in total. The number of carbonyl (C=O) groups is 5. The van der Waals surface area contributed by atoms with Crippen molar-refractivity contribution in [1.29, 1.82) is 0 Å². The fourth-order valence-electron chi connectivity index (χ4n) is 8.69. The summed E-state index contributed by atoms with van der Waals surface area (Å²) in [4.78, 5) is 72.8. The third-order valence-corrected chi connectivity index (χ3v) is 14.4. The number of benzene rings is 1. The summed E-state index contributed by atoms with van der Waals surface area (Å²) in [7, 11) is 2.75. The molecular weight excluding hydrogens is 761 g/mol. The number of likely N-dealkylation sites (N-methyl/N-ethyl adjacent to an activating group) is 2. The Morgan fingerprint density at radius 1 is 0.879 bits per heavy atom. The van der Waals surface area contributed by atoms with Gasteiger partial charge >= 0.3 is 0 Å². The van der Waals surface area contributed by atoms with Gasteiger partial charge in [0.1, 0.15) is 5.78 Å². The van der Waals surface area contributed by atoms with Crippen molar-refractivity contribution in [2.75, 3.05) is 34.9 Å². The normalized spacial score (nSPS) is 20.2. The molecule has 58 heavy (non-hydrogen) atoms. The standard InChI is InChI=1S/C44H72N4O9S/c1-12-29(6)41(47(9)44(53)34(27(2)3)25-37(50)40(45-8)28(4)5)38(56-10)26-39(51)48-22-16-19-35(48)42(57-11)30(7)36(49)24-32(23-31-17-14-13-15-18-31)43(52)46-58(54,55)33-20-21-33/h13-15,17-18,27-30,32-35,38,40-42,45H,12,16,19-26H2,1-11H3,(H,46,52)/t29-,30-,32+,34-,35-,38+,40-,41-,42+/m0/s1. The third-order valence-electron chi connectivity index (χ3n) is 12.6. The Morgan fingerprint density at radius 2 is 1.52 bits per heavy atom. The van der Waals surface area contributed by atoms with Crippen LogP contribution in [0.2, 0.25) is 0 Å². The van der Waals surface area contributed by atoms with Crippen molar-refractivity contribution in [3.05, 3.63) is 35.9 Å². The molecule has 0 bridgehead atoms. The lowest BCUT2D eigenvalue weighted by atomic mass is 9.84. The first-order valence-corrected chi connectivity index (χ1v) is 22.8. The number of likely N-dealkylation sites (tertiary alicyclic amines) is 1. The zero-order chi connectivity index (χ0) is 43.5. The fourth-order valence-corrected chi connectivity index (χ4v) is 10.1. The summed E-state index contributed by atoms with van der Waals surface area (Å²) in [5.74, 6) is -3.52. The molecule has 14 heteroatoms. The molecule has 1 saturated heterocycles. The van der Waals surface area contributed by atoms with Gasteiger partial charge in [-0.25, -0.2) is 8.42 Å². The molecule has 2 aliphatic rings. The van der Waals surface area contributed by atoms with Gasteiger partial charge in [-0.15, -0.1) is 0 Å². The molecule has 0 spiro atoms. The van der Waals surface area contributed by atoms with Crippen LogP contribution in [0.25, 0.3) is 0 Å². The summed E-state index contributed by atoms with van der Waals surface area (Å²) in [6, 6.07) is 7.95. The van der Waals surface area contributed by atoms with E-state index in [1.807, 2.05) is 71.9 Å². The summed E-state index contributed by atoms with van der Waals surface area (Å²) < 4.78 is 39.7. The lowest BCUT2D eigenvalue weighted by Gasteiger charge is -2.41. The van der Waals surface area contributed by atoms with Crippen LogP contribution in [0.15, 0.2) is 30.3 Å². The van der Waals surface area contributed by atoms with Crippen molar-refractivity contribution in [1.82, 2.24) is 19.8 Å². The highest BCUT2D eigenvalue weighted by Gasteiger charge is 2.44. The average Bonchev–Trinajstić information content (AvgIpc) is 3.95. The fraction of sp³-hybridized carbons (Fsp3) is 0.750. The molecular formula is C44H72N4O9S. The number of carbonyl (C=O) groups excluding carboxylic acids is 5. The van der Waals surface area contributed by atoms with Gasteiger partial charge in [0.2, 0.25) is 27.7 Å². The summed E-state index contributed by atoms with van der Waals surface area (Å²) in [5, 5.41) is 2.52. The van der Waals surface area contributed by atoms with E-state index in [1.54, 1.807) is 37.9 Å². The summed E-state index contributed by atoms with van der Waals surface area (Å²) in [6.07, 6.45) is 1.81. The van der Waals surface area contributed by atoms with Crippen molar-refractivity contribution < 1.29 is 41.9 Å². The van der Waals surface area contributed by atoms with Crippen LogP contribution in [0.3, 0.4) is 0 Å². The Kier molecular flexibility index (Phi) is 19.0. The third kappa shape index (κ3) is 12.9. The van der Waals surface area contributed by atoms with Gasteiger partial charge in [0, 0.05) is 58.4 Å². The Hall–Kier alpha value is -3.20. The number of nitrogens with zero attached hydrogens (tertiary/aromatic N) is 2. The van der Waals surface area contributed by atoms with E-state index >= 15 is 0 Å². The maximum Gasteiger partial charge on any atom is 0.237 e. The second-order valence-corrected chi connectivity index (χ2v) is 19.3. The highest BCUT2D eigenvalue weighted by molar-refractivity contribution is 7.90. The molecule has 0 unspecified atom stereocenters. The monoisotopic (exact) mass is 833 g/mol. The maximum absolute atomic E-state index is 14.3. The van der Waals surface area contributed by atoms with Gasteiger partial charge in [0.15, 0.2) is 5.78 Å². The van der Waals surface area contributed by atoms with Crippen molar-refractivity contribution in [2.45, 2.75) is 142 Å². The molecule has 328 valence electrons. The van der Waals surface area contributed by atoms with Crippen molar-refractivity contribution in [3.63, 3.8) is 0 Å². The van der Waals surface area contributed by atoms with E-state index in [0.717, 1.165) is 12.0 Å². The number of hydrogen-bond acceptors (Lipinski definition) is 10.